The fourth-order valence-electron chi connectivity index (χ4n) is 8.90. The third-order valence-electron chi connectivity index (χ3n) is 12.1. The molecule has 324 valence electrons. The largest absolute Gasteiger partial charge is 0.462 e. The van der Waals surface area contributed by atoms with Gasteiger partial charge in [-0.15, -0.1) is 0 Å². The van der Waals surface area contributed by atoms with Gasteiger partial charge in [-0.25, -0.2) is 8.42 Å². The second-order valence-corrected chi connectivity index (χ2v) is 18.7. The SMILES string of the molecule is C.C.C.C.C.C.CCC(C)(C)C(=O)OC12CC3CC(C(=O)NS(C)(=O)=O)(CC(C1)C(=O)O3)C2.CCC(C)(C)C(=O)OC12CC3CC(OC)(CC(C1)C(=O)O3)C2. The van der Waals surface area contributed by atoms with E-state index < -0.39 is 67.0 Å². The van der Waals surface area contributed by atoms with Crippen LogP contribution in [0.25, 0.3) is 0 Å². The van der Waals surface area contributed by atoms with Gasteiger partial charge in [-0.2, -0.15) is 0 Å². The zero-order valence-corrected chi connectivity index (χ0v) is 30.9. The van der Waals surface area contributed by atoms with Gasteiger partial charge in [0.05, 0.1) is 39.9 Å². The summed E-state index contributed by atoms with van der Waals surface area (Å²) in [6.07, 6.45) is 5.99. The normalized spacial score (nSPS) is 33.5. The molecular formula is C41H77NO12S. The van der Waals surface area contributed by atoms with E-state index in [1.54, 1.807) is 21.0 Å². The molecule has 4 saturated carbocycles. The molecule has 4 heterocycles. The number of carbonyl (C=O) groups excluding carboxylic acids is 5. The van der Waals surface area contributed by atoms with E-state index in [0.29, 0.717) is 51.4 Å². The highest BCUT2D eigenvalue weighted by atomic mass is 32.2. The van der Waals surface area contributed by atoms with E-state index in [1.165, 1.54) is 0 Å². The number of rotatable bonds is 9. The van der Waals surface area contributed by atoms with Crippen LogP contribution in [0.1, 0.15) is 163 Å². The van der Waals surface area contributed by atoms with Gasteiger partial charge in [-0.05, 0) is 59.8 Å². The molecule has 8 bridgehead atoms. The quantitative estimate of drug-likeness (QED) is 0.178. The predicted octanol–water partition coefficient (Wildman–Crippen LogP) is 7.71. The van der Waals surface area contributed by atoms with Crippen molar-refractivity contribution >= 4 is 39.8 Å². The van der Waals surface area contributed by atoms with Crippen LogP contribution in [0.2, 0.25) is 0 Å². The van der Waals surface area contributed by atoms with Crippen molar-refractivity contribution in [3.05, 3.63) is 0 Å². The van der Waals surface area contributed by atoms with Crippen molar-refractivity contribution in [3.63, 3.8) is 0 Å². The number of carbonyl (C=O) groups is 5. The van der Waals surface area contributed by atoms with Crippen LogP contribution in [-0.2, 0) is 57.7 Å². The van der Waals surface area contributed by atoms with Crippen LogP contribution in [0.3, 0.4) is 0 Å². The maximum Gasteiger partial charge on any atom is 0.312 e. The molecule has 4 saturated heterocycles. The number of hydrogen-bond donors (Lipinski definition) is 1. The molecular weight excluding hydrogens is 731 g/mol. The highest BCUT2D eigenvalue weighted by Gasteiger charge is 2.64. The van der Waals surface area contributed by atoms with Gasteiger partial charge in [-0.3, -0.25) is 28.7 Å². The van der Waals surface area contributed by atoms with E-state index in [0.717, 1.165) is 12.7 Å². The molecule has 8 atom stereocenters. The van der Waals surface area contributed by atoms with E-state index in [1.807, 2.05) is 27.7 Å². The second kappa shape index (κ2) is 18.2. The molecule has 4 aliphatic heterocycles. The van der Waals surface area contributed by atoms with Crippen molar-refractivity contribution in [3.8, 4) is 0 Å². The minimum Gasteiger partial charge on any atom is -0.462 e. The van der Waals surface area contributed by atoms with Crippen molar-refractivity contribution in [2.45, 2.75) is 192 Å². The van der Waals surface area contributed by atoms with Gasteiger partial charge in [0, 0.05) is 52.1 Å². The molecule has 0 aromatic carbocycles. The van der Waals surface area contributed by atoms with Crippen LogP contribution in [0, 0.1) is 28.1 Å². The van der Waals surface area contributed by atoms with Crippen LogP contribution in [0.15, 0.2) is 0 Å². The van der Waals surface area contributed by atoms with Crippen LogP contribution >= 0.6 is 0 Å². The summed E-state index contributed by atoms with van der Waals surface area (Å²) in [5.41, 5.74) is -4.30. The highest BCUT2D eigenvalue weighted by molar-refractivity contribution is 7.89. The first-order valence-electron chi connectivity index (χ1n) is 17.5. The predicted molar refractivity (Wildman–Crippen MR) is 214 cm³/mol. The summed E-state index contributed by atoms with van der Waals surface area (Å²) in [5.74, 6) is -2.58. The lowest BCUT2D eigenvalue weighted by molar-refractivity contribution is -0.207. The van der Waals surface area contributed by atoms with Crippen LogP contribution in [-0.4, -0.2) is 80.6 Å². The minimum atomic E-state index is -3.75. The summed E-state index contributed by atoms with van der Waals surface area (Å²) >= 11 is 0. The first kappa shape index (κ1) is 54.4. The number of amides is 1. The number of fused-ring (bicyclic) bond motifs is 2. The van der Waals surface area contributed by atoms with Gasteiger partial charge < -0.3 is 23.7 Å². The minimum absolute atomic E-state index is 0. The van der Waals surface area contributed by atoms with E-state index in [4.69, 9.17) is 23.7 Å². The Hall–Kier alpha value is -2.74. The van der Waals surface area contributed by atoms with Gasteiger partial charge in [0.25, 0.3) is 0 Å². The summed E-state index contributed by atoms with van der Waals surface area (Å²) in [7, 11) is -2.06. The lowest BCUT2D eigenvalue weighted by atomic mass is 9.56. The van der Waals surface area contributed by atoms with Gasteiger partial charge in [0.2, 0.25) is 15.9 Å². The summed E-state index contributed by atoms with van der Waals surface area (Å²) in [6.45, 7) is 11.3. The number of hydrogen-bond acceptors (Lipinski definition) is 12. The summed E-state index contributed by atoms with van der Waals surface area (Å²) in [4.78, 5) is 62.7. The van der Waals surface area contributed by atoms with E-state index in [-0.39, 0.29) is 93.8 Å². The number of sulfonamides is 1. The molecule has 0 aromatic rings. The van der Waals surface area contributed by atoms with E-state index in [9.17, 15) is 32.4 Å². The van der Waals surface area contributed by atoms with Crippen molar-refractivity contribution in [1.29, 1.82) is 0 Å². The molecule has 8 fully saturated rings. The standard InChI is InChI=1S/C18H27NO7S.C17H26O5.6CH4/c1-5-16(2,3)15(22)26-18-7-11-6-17(10-18,14(21)19-27(4,23)24)8-12(9-18)25-13(11)20;1-5-15(2,3)14(19)22-17-7-11-6-16(10-17,20-4)8-12(9-17)21-13(11)18;;;;;;/h11-12H,5-10H2,1-4H3,(H,19,21);11-12H,5-10H2,1-4H3;6*1H4. The topological polar surface area (TPSA) is 178 Å². The molecule has 0 aromatic heterocycles. The molecule has 14 heteroatoms. The molecule has 13 nitrogen and oxygen atoms in total. The number of nitrogens with one attached hydrogen (secondary N) is 1. The summed E-state index contributed by atoms with van der Waals surface area (Å²) in [6, 6.07) is 0. The summed E-state index contributed by atoms with van der Waals surface area (Å²) in [5, 5.41) is 0. The van der Waals surface area contributed by atoms with Gasteiger partial charge in [0.15, 0.2) is 0 Å². The molecule has 4 aliphatic carbocycles. The molecule has 55 heavy (non-hydrogen) atoms. The Kier molecular flexibility index (Phi) is 18.0. The van der Waals surface area contributed by atoms with Crippen molar-refractivity contribution in [2.24, 2.45) is 28.1 Å². The molecule has 8 rings (SSSR count). The average molecular weight is 808 g/mol. The Morgan fingerprint density at radius 1 is 0.673 bits per heavy atom. The Morgan fingerprint density at radius 2 is 1.05 bits per heavy atom. The van der Waals surface area contributed by atoms with Crippen molar-refractivity contribution < 1.29 is 56.1 Å². The molecule has 8 aliphatic rings. The number of esters is 4. The smallest absolute Gasteiger partial charge is 0.312 e. The zero-order chi connectivity index (χ0) is 36.4. The van der Waals surface area contributed by atoms with Gasteiger partial charge >= 0.3 is 23.9 Å². The second-order valence-electron chi connectivity index (χ2n) is 17.0. The van der Waals surface area contributed by atoms with E-state index in [2.05, 4.69) is 4.72 Å². The van der Waals surface area contributed by atoms with Crippen LogP contribution < -0.4 is 4.72 Å². The Balaban J connectivity index is 0. The van der Waals surface area contributed by atoms with Crippen LogP contribution in [0.5, 0.6) is 0 Å². The van der Waals surface area contributed by atoms with Gasteiger partial charge in [-0.1, -0.05) is 58.4 Å². The Labute approximate surface area is 333 Å². The average Bonchev–Trinajstić information content (AvgIpc) is 3.24. The molecule has 0 spiro atoms. The van der Waals surface area contributed by atoms with Gasteiger partial charge in [0.1, 0.15) is 23.4 Å². The maximum atomic E-state index is 12.9. The summed E-state index contributed by atoms with van der Waals surface area (Å²) < 4.78 is 54.0. The zero-order valence-electron chi connectivity index (χ0n) is 30.1. The fraction of sp³-hybridized carbons (Fsp3) is 0.878. The van der Waals surface area contributed by atoms with Crippen molar-refractivity contribution in [1.82, 2.24) is 4.72 Å². The number of ether oxygens (including phenoxy) is 5. The fourth-order valence-corrected chi connectivity index (χ4v) is 9.46. The van der Waals surface area contributed by atoms with Crippen molar-refractivity contribution in [2.75, 3.05) is 13.4 Å². The number of methoxy groups -OCH3 is 1. The highest BCUT2D eigenvalue weighted by Crippen LogP contribution is 2.58. The Morgan fingerprint density at radius 3 is 1.47 bits per heavy atom. The van der Waals surface area contributed by atoms with Crippen LogP contribution in [0.4, 0.5) is 0 Å². The lowest BCUT2D eigenvalue weighted by Crippen LogP contribution is -2.59. The molecule has 0 radical (unpaired) electrons. The Bertz CT molecular complexity index is 1510. The molecule has 1 amide bonds. The molecule has 8 unspecified atom stereocenters. The first-order chi connectivity index (χ1) is 22.5. The van der Waals surface area contributed by atoms with E-state index >= 15 is 0 Å². The first-order valence-corrected chi connectivity index (χ1v) is 19.4. The molecule has 1 N–H and O–H groups in total. The monoisotopic (exact) mass is 808 g/mol. The third kappa shape index (κ3) is 10.8. The lowest BCUT2D eigenvalue weighted by Gasteiger charge is -2.52. The third-order valence-corrected chi connectivity index (χ3v) is 12.7. The maximum absolute atomic E-state index is 12.9.